The third-order valence-corrected chi connectivity index (χ3v) is 4.37. The van der Waals surface area contributed by atoms with Crippen LogP contribution in [0.4, 0.5) is 15.8 Å². The van der Waals surface area contributed by atoms with E-state index in [0.29, 0.717) is 38.4 Å². The molecule has 0 N–H and O–H groups in total. The van der Waals surface area contributed by atoms with Crippen LogP contribution in [-0.4, -0.2) is 66.4 Å². The smallest absolute Gasteiger partial charge is 0.272 e. The zero-order valence-electron chi connectivity index (χ0n) is 14.1. The molecule has 1 aromatic rings. The number of benzene rings is 1. The van der Waals surface area contributed by atoms with E-state index in [0.717, 1.165) is 19.2 Å². The van der Waals surface area contributed by atoms with Gasteiger partial charge < -0.3 is 9.80 Å². The maximum absolute atomic E-state index is 14.1. The van der Waals surface area contributed by atoms with Crippen LogP contribution in [0.25, 0.3) is 0 Å². The van der Waals surface area contributed by atoms with E-state index >= 15 is 0 Å². The second-order valence-electron chi connectivity index (χ2n) is 5.72. The predicted octanol–water partition coefficient (Wildman–Crippen LogP) is 1.72. The van der Waals surface area contributed by atoms with Crippen molar-refractivity contribution in [1.29, 1.82) is 0 Å². The van der Waals surface area contributed by atoms with E-state index in [4.69, 9.17) is 0 Å². The maximum atomic E-state index is 14.1. The van der Waals surface area contributed by atoms with Gasteiger partial charge >= 0.3 is 0 Å². The van der Waals surface area contributed by atoms with E-state index in [2.05, 4.69) is 4.90 Å². The lowest BCUT2D eigenvalue weighted by Gasteiger charge is -2.37. The Bertz CT molecular complexity index is 599. The highest BCUT2D eigenvalue weighted by atomic mass is 19.1. The molecule has 0 spiro atoms. The van der Waals surface area contributed by atoms with Crippen LogP contribution in [0, 0.1) is 15.9 Å². The van der Waals surface area contributed by atoms with Crippen molar-refractivity contribution in [2.24, 2.45) is 0 Å². The van der Waals surface area contributed by atoms with Crippen LogP contribution >= 0.6 is 0 Å². The SMILES string of the molecule is CCN(CC)CC(=O)N1CCN(c2ccc([N+](=O)[O-])cc2F)CC1. The summed E-state index contributed by atoms with van der Waals surface area (Å²) in [4.78, 5) is 28.0. The van der Waals surface area contributed by atoms with E-state index in [9.17, 15) is 19.3 Å². The number of carbonyl (C=O) groups is 1. The number of likely N-dealkylation sites (N-methyl/N-ethyl adjacent to an activating group) is 1. The molecule has 1 amide bonds. The molecule has 132 valence electrons. The van der Waals surface area contributed by atoms with Gasteiger partial charge in [0.05, 0.1) is 23.2 Å². The van der Waals surface area contributed by atoms with E-state index in [1.165, 1.54) is 12.1 Å². The first-order valence-electron chi connectivity index (χ1n) is 8.15. The average Bonchev–Trinajstić information content (AvgIpc) is 2.59. The highest BCUT2D eigenvalue weighted by molar-refractivity contribution is 5.78. The molecule has 0 unspecified atom stereocenters. The molecular formula is C16H23FN4O3. The molecule has 0 atom stereocenters. The summed E-state index contributed by atoms with van der Waals surface area (Å²) in [5, 5.41) is 10.7. The highest BCUT2D eigenvalue weighted by Crippen LogP contribution is 2.25. The zero-order chi connectivity index (χ0) is 17.7. The molecule has 1 saturated heterocycles. The molecule has 1 aliphatic rings. The topological polar surface area (TPSA) is 69.9 Å². The van der Waals surface area contributed by atoms with Gasteiger partial charge in [-0.15, -0.1) is 0 Å². The van der Waals surface area contributed by atoms with Crippen molar-refractivity contribution >= 4 is 17.3 Å². The zero-order valence-corrected chi connectivity index (χ0v) is 14.1. The molecule has 8 heteroatoms. The number of rotatable bonds is 6. The number of hydrogen-bond donors (Lipinski definition) is 0. The van der Waals surface area contributed by atoms with Gasteiger partial charge in [-0.25, -0.2) is 4.39 Å². The molecule has 0 aromatic heterocycles. The minimum absolute atomic E-state index is 0.0857. The Balaban J connectivity index is 1.95. The third-order valence-electron chi connectivity index (χ3n) is 4.37. The Morgan fingerprint density at radius 3 is 2.38 bits per heavy atom. The number of halogens is 1. The highest BCUT2D eigenvalue weighted by Gasteiger charge is 2.24. The summed E-state index contributed by atoms with van der Waals surface area (Å²) in [6.07, 6.45) is 0. The van der Waals surface area contributed by atoms with Gasteiger partial charge in [0.1, 0.15) is 0 Å². The first-order chi connectivity index (χ1) is 11.5. The molecule has 0 saturated carbocycles. The van der Waals surface area contributed by atoms with Crippen molar-refractivity contribution in [2.75, 3.05) is 50.7 Å². The molecule has 2 rings (SSSR count). The molecule has 1 aliphatic heterocycles. The molecule has 7 nitrogen and oxygen atoms in total. The van der Waals surface area contributed by atoms with Gasteiger partial charge in [0.15, 0.2) is 5.82 Å². The Kier molecular flexibility index (Phi) is 6.08. The number of amides is 1. The number of nitrogens with zero attached hydrogens (tertiary/aromatic N) is 4. The summed E-state index contributed by atoms with van der Waals surface area (Å²) in [6.45, 7) is 8.17. The molecule has 24 heavy (non-hydrogen) atoms. The van der Waals surface area contributed by atoms with E-state index in [1.807, 2.05) is 18.7 Å². The first-order valence-corrected chi connectivity index (χ1v) is 8.15. The molecule has 0 aliphatic carbocycles. The van der Waals surface area contributed by atoms with Crippen LogP contribution in [0.2, 0.25) is 0 Å². The fourth-order valence-corrected chi connectivity index (χ4v) is 2.80. The third kappa shape index (κ3) is 4.19. The lowest BCUT2D eigenvalue weighted by molar-refractivity contribution is -0.385. The lowest BCUT2D eigenvalue weighted by Crippen LogP contribution is -2.51. The number of anilines is 1. The van der Waals surface area contributed by atoms with Crippen molar-refractivity contribution < 1.29 is 14.1 Å². The number of nitro benzene ring substituents is 1. The Morgan fingerprint density at radius 2 is 1.88 bits per heavy atom. The van der Waals surface area contributed by atoms with E-state index < -0.39 is 10.7 Å². The summed E-state index contributed by atoms with van der Waals surface area (Å²) in [5.74, 6) is -0.519. The monoisotopic (exact) mass is 338 g/mol. The summed E-state index contributed by atoms with van der Waals surface area (Å²) < 4.78 is 14.1. The van der Waals surface area contributed by atoms with Crippen molar-refractivity contribution in [1.82, 2.24) is 9.80 Å². The van der Waals surface area contributed by atoms with Crippen LogP contribution in [-0.2, 0) is 4.79 Å². The molecular weight excluding hydrogens is 315 g/mol. The number of piperazine rings is 1. The first kappa shape index (κ1) is 18.1. The van der Waals surface area contributed by atoms with Crippen LogP contribution in [0.15, 0.2) is 18.2 Å². The number of carbonyl (C=O) groups excluding carboxylic acids is 1. The quantitative estimate of drug-likeness (QED) is 0.583. The summed E-state index contributed by atoms with van der Waals surface area (Å²) in [7, 11) is 0. The predicted molar refractivity (Wildman–Crippen MR) is 89.6 cm³/mol. The van der Waals surface area contributed by atoms with Crippen LogP contribution in [0.5, 0.6) is 0 Å². The average molecular weight is 338 g/mol. The minimum atomic E-state index is -0.614. The van der Waals surface area contributed by atoms with E-state index in [-0.39, 0.29) is 11.6 Å². The largest absolute Gasteiger partial charge is 0.366 e. The van der Waals surface area contributed by atoms with Gasteiger partial charge in [-0.05, 0) is 19.2 Å². The van der Waals surface area contributed by atoms with Crippen molar-refractivity contribution in [3.63, 3.8) is 0 Å². The molecule has 0 bridgehead atoms. The number of nitro groups is 1. The van der Waals surface area contributed by atoms with Crippen molar-refractivity contribution in [3.05, 3.63) is 34.1 Å². The molecule has 1 fully saturated rings. The molecule has 0 radical (unpaired) electrons. The lowest BCUT2D eigenvalue weighted by atomic mass is 10.2. The Morgan fingerprint density at radius 1 is 1.25 bits per heavy atom. The number of hydrogen-bond acceptors (Lipinski definition) is 5. The molecule has 1 aromatic carbocycles. The van der Waals surface area contributed by atoms with Crippen molar-refractivity contribution in [2.45, 2.75) is 13.8 Å². The van der Waals surface area contributed by atoms with Crippen LogP contribution in [0.3, 0.4) is 0 Å². The number of non-ortho nitro benzene ring substituents is 1. The minimum Gasteiger partial charge on any atom is -0.366 e. The van der Waals surface area contributed by atoms with Crippen molar-refractivity contribution in [3.8, 4) is 0 Å². The molecule has 1 heterocycles. The summed E-state index contributed by atoms with van der Waals surface area (Å²) in [6, 6.07) is 3.67. The summed E-state index contributed by atoms with van der Waals surface area (Å²) in [5.41, 5.74) is 0.0840. The van der Waals surface area contributed by atoms with Gasteiger partial charge in [-0.2, -0.15) is 0 Å². The fourth-order valence-electron chi connectivity index (χ4n) is 2.80. The van der Waals surface area contributed by atoms with E-state index in [1.54, 1.807) is 4.90 Å². The van der Waals surface area contributed by atoms with Crippen LogP contribution < -0.4 is 4.90 Å². The second kappa shape index (κ2) is 8.05. The second-order valence-corrected chi connectivity index (χ2v) is 5.72. The van der Waals surface area contributed by atoms with Gasteiger partial charge in [-0.3, -0.25) is 19.8 Å². The standard InChI is InChI=1S/C16H23FN4O3/c1-3-18(4-2)12-16(22)20-9-7-19(8-10-20)15-6-5-13(21(23)24)11-14(15)17/h5-6,11H,3-4,7-10,12H2,1-2H3. The normalized spacial score (nSPS) is 15.0. The Labute approximate surface area is 140 Å². The maximum Gasteiger partial charge on any atom is 0.272 e. The Hall–Kier alpha value is -2.22. The van der Waals surface area contributed by atoms with Gasteiger partial charge in [0.25, 0.3) is 5.69 Å². The van der Waals surface area contributed by atoms with Gasteiger partial charge in [-0.1, -0.05) is 13.8 Å². The summed E-state index contributed by atoms with van der Waals surface area (Å²) >= 11 is 0. The fraction of sp³-hybridized carbons (Fsp3) is 0.562. The van der Waals surface area contributed by atoms with Gasteiger partial charge in [0.2, 0.25) is 5.91 Å². The van der Waals surface area contributed by atoms with Gasteiger partial charge in [0, 0.05) is 32.2 Å². The van der Waals surface area contributed by atoms with Crippen LogP contribution in [0.1, 0.15) is 13.8 Å².